The third-order valence-corrected chi connectivity index (χ3v) is 6.41. The molecule has 0 saturated carbocycles. The highest BCUT2D eigenvalue weighted by Crippen LogP contribution is 2.34. The maximum absolute atomic E-state index is 12.5. The minimum absolute atomic E-state index is 0.380. The van der Waals surface area contributed by atoms with E-state index in [2.05, 4.69) is 31.7 Å². The number of carbonyl (C=O) groups excluding carboxylic acids is 1. The number of benzene rings is 2. The van der Waals surface area contributed by atoms with Crippen LogP contribution in [0.25, 0.3) is 16.6 Å². The summed E-state index contributed by atoms with van der Waals surface area (Å²) in [5, 5.41) is 10.4. The molecule has 0 spiro atoms. The van der Waals surface area contributed by atoms with Crippen LogP contribution in [0.2, 0.25) is 5.02 Å². The molecule has 6 N–H and O–H groups in total. The summed E-state index contributed by atoms with van der Waals surface area (Å²) in [6.45, 7) is 4.23. The number of anilines is 3. The number of carbonyl (C=O) groups is 1. The minimum atomic E-state index is -0.404. The Morgan fingerprint density at radius 1 is 1.11 bits per heavy atom. The van der Waals surface area contributed by atoms with Crippen LogP contribution in [-0.4, -0.2) is 51.8 Å². The highest BCUT2D eigenvalue weighted by atomic mass is 35.5. The largest absolute Gasteiger partial charge is 0.382 e. The molecule has 0 atom stereocenters. The second kappa shape index (κ2) is 10.5. The van der Waals surface area contributed by atoms with E-state index < -0.39 is 6.03 Å². The Morgan fingerprint density at radius 3 is 2.72 bits per heavy atom. The molecule has 11 heteroatoms. The number of halogens is 1. The number of ether oxygens (including phenoxy) is 1. The number of rotatable bonds is 6. The quantitative estimate of drug-likeness (QED) is 0.314. The fourth-order valence-corrected chi connectivity index (χ4v) is 4.53. The molecule has 3 heterocycles. The first kappa shape index (κ1) is 24.0. The Bertz CT molecular complexity index is 1400. The van der Waals surface area contributed by atoms with Crippen LogP contribution in [0.5, 0.6) is 0 Å². The van der Waals surface area contributed by atoms with Crippen molar-refractivity contribution < 1.29 is 9.53 Å². The molecule has 1 saturated heterocycles. The van der Waals surface area contributed by atoms with E-state index in [4.69, 9.17) is 27.8 Å². The molecular weight excluding hydrogens is 480 g/mol. The van der Waals surface area contributed by atoms with E-state index in [1.54, 1.807) is 18.2 Å². The Kier molecular flexibility index (Phi) is 7.01. The summed E-state index contributed by atoms with van der Waals surface area (Å²) in [5.41, 5.74) is 17.4. The number of fused-ring (bicyclic) bond motifs is 1. The summed E-state index contributed by atoms with van der Waals surface area (Å²) >= 11 is 6.58. The van der Waals surface area contributed by atoms with Gasteiger partial charge in [0.25, 0.3) is 0 Å². The number of hydrogen-bond donors (Lipinski definition) is 4. The molecule has 0 bridgehead atoms. The molecule has 0 aliphatic carbocycles. The molecule has 0 unspecified atom stereocenters. The molecule has 2 amide bonds. The number of amides is 2. The van der Waals surface area contributed by atoms with Gasteiger partial charge in [0, 0.05) is 37.4 Å². The van der Waals surface area contributed by atoms with Crippen LogP contribution >= 0.6 is 11.6 Å². The number of hydrogen-bond acceptors (Lipinski definition) is 7. The van der Waals surface area contributed by atoms with E-state index in [0.717, 1.165) is 41.0 Å². The average Bonchev–Trinajstić information content (AvgIpc) is 3.25. The van der Waals surface area contributed by atoms with Crippen LogP contribution in [0.4, 0.5) is 22.0 Å². The molecule has 36 heavy (non-hydrogen) atoms. The van der Waals surface area contributed by atoms with Crippen molar-refractivity contribution in [2.75, 3.05) is 42.7 Å². The maximum atomic E-state index is 12.5. The van der Waals surface area contributed by atoms with Gasteiger partial charge in [-0.1, -0.05) is 29.8 Å². The number of nitrogens with two attached hydrogens (primary N) is 2. The van der Waals surface area contributed by atoms with E-state index in [9.17, 15) is 4.79 Å². The fourth-order valence-electron chi connectivity index (χ4n) is 4.30. The first-order valence-electron chi connectivity index (χ1n) is 11.6. The summed E-state index contributed by atoms with van der Waals surface area (Å²) in [4.78, 5) is 19.0. The second-order valence-corrected chi connectivity index (χ2v) is 8.93. The Morgan fingerprint density at radius 2 is 1.94 bits per heavy atom. The van der Waals surface area contributed by atoms with Crippen molar-refractivity contribution >= 4 is 40.3 Å². The first-order chi connectivity index (χ1) is 17.5. The molecule has 2 aromatic heterocycles. The van der Waals surface area contributed by atoms with Gasteiger partial charge in [0.2, 0.25) is 0 Å². The number of nitrogens with one attached hydrogen (secondary N) is 2. The maximum Gasteiger partial charge on any atom is 0.323 e. The van der Waals surface area contributed by atoms with Crippen molar-refractivity contribution in [1.29, 1.82) is 0 Å². The summed E-state index contributed by atoms with van der Waals surface area (Å²) in [6, 6.07) is 14.5. The van der Waals surface area contributed by atoms with Crippen molar-refractivity contribution in [3.63, 3.8) is 0 Å². The highest BCUT2D eigenvalue weighted by Gasteiger charge is 2.19. The van der Waals surface area contributed by atoms with E-state index >= 15 is 0 Å². The van der Waals surface area contributed by atoms with Crippen molar-refractivity contribution in [1.82, 2.24) is 19.5 Å². The lowest BCUT2D eigenvalue weighted by atomic mass is 10.1. The summed E-state index contributed by atoms with van der Waals surface area (Å²) in [7, 11) is 0. The summed E-state index contributed by atoms with van der Waals surface area (Å²) in [6.07, 6.45) is 1.46. The third kappa shape index (κ3) is 5.12. The van der Waals surface area contributed by atoms with Crippen LogP contribution in [0.3, 0.4) is 0 Å². The molecule has 1 aliphatic heterocycles. The molecule has 5 rings (SSSR count). The molecule has 1 fully saturated rings. The van der Waals surface area contributed by atoms with E-state index in [1.165, 1.54) is 6.33 Å². The number of aromatic nitrogens is 3. The first-order valence-corrected chi connectivity index (χ1v) is 12.0. The third-order valence-electron chi connectivity index (χ3n) is 6.09. The fraction of sp³-hybridized carbons (Fsp3) is 0.240. The Labute approximate surface area is 213 Å². The van der Waals surface area contributed by atoms with Crippen LogP contribution in [0.1, 0.15) is 11.3 Å². The highest BCUT2D eigenvalue weighted by molar-refractivity contribution is 6.34. The van der Waals surface area contributed by atoms with Crippen LogP contribution < -0.4 is 22.1 Å². The van der Waals surface area contributed by atoms with Gasteiger partial charge in [0.15, 0.2) is 5.82 Å². The molecule has 1 aliphatic rings. The summed E-state index contributed by atoms with van der Waals surface area (Å²) in [5.74, 6) is 0.380. The molecule has 186 valence electrons. The number of nitrogen functional groups attached to an aromatic ring is 1. The number of nitrogens with zero attached hydrogens (tertiary/aromatic N) is 4. The minimum Gasteiger partial charge on any atom is -0.382 e. The monoisotopic (exact) mass is 506 g/mol. The van der Waals surface area contributed by atoms with Crippen molar-refractivity contribution in [3.8, 4) is 11.1 Å². The van der Waals surface area contributed by atoms with Gasteiger partial charge in [-0.25, -0.2) is 14.3 Å². The zero-order valence-corrected chi connectivity index (χ0v) is 20.3. The van der Waals surface area contributed by atoms with Crippen molar-refractivity contribution in [2.45, 2.75) is 13.1 Å². The summed E-state index contributed by atoms with van der Waals surface area (Å²) < 4.78 is 7.30. The van der Waals surface area contributed by atoms with Crippen LogP contribution in [0.15, 0.2) is 54.9 Å². The van der Waals surface area contributed by atoms with Crippen molar-refractivity contribution in [2.24, 2.45) is 5.73 Å². The lowest BCUT2D eigenvalue weighted by Gasteiger charge is -2.26. The predicted molar refractivity (Wildman–Crippen MR) is 141 cm³/mol. The van der Waals surface area contributed by atoms with E-state index in [1.807, 2.05) is 28.8 Å². The zero-order valence-electron chi connectivity index (χ0n) is 19.6. The van der Waals surface area contributed by atoms with Gasteiger partial charge < -0.3 is 26.8 Å². The van der Waals surface area contributed by atoms with E-state index in [-0.39, 0.29) is 0 Å². The van der Waals surface area contributed by atoms with Gasteiger partial charge in [-0.15, -0.1) is 0 Å². The zero-order chi connectivity index (χ0) is 25.1. The lowest BCUT2D eigenvalue weighted by molar-refractivity contribution is 0.0334. The van der Waals surface area contributed by atoms with Gasteiger partial charge in [-0.3, -0.25) is 4.90 Å². The lowest BCUT2D eigenvalue weighted by Crippen LogP contribution is -2.36. The number of urea groups is 1. The second-order valence-electron chi connectivity index (χ2n) is 8.52. The van der Waals surface area contributed by atoms with Gasteiger partial charge in [-0.05, 0) is 41.5 Å². The van der Waals surface area contributed by atoms with E-state index in [0.29, 0.717) is 48.5 Å². The SMILES string of the molecule is NCc1cccc(NC(=O)Nc2ccc(-c3cc(CN4CCOCC4)n4ncnc(N)c34)cc2Cl)c1. The molecule has 4 aromatic rings. The standard InChI is InChI=1S/C25H27ClN8O2/c26-21-11-17(4-5-22(21)32-25(35)31-18-3-1-2-16(10-18)13-27)20-12-19(14-33-6-8-36-9-7-33)34-23(20)24(28)29-15-30-34/h1-5,10-12,15H,6-9,13-14,27H2,(H2,28,29,30)(H2,31,32,35). The topological polar surface area (TPSA) is 136 Å². The normalized spacial score (nSPS) is 14.2. The Hall–Kier alpha value is -3.70. The number of morpholine rings is 1. The average molecular weight is 507 g/mol. The van der Waals surface area contributed by atoms with Crippen LogP contribution in [0, 0.1) is 0 Å². The molecule has 10 nitrogen and oxygen atoms in total. The molecule has 0 radical (unpaired) electrons. The van der Waals surface area contributed by atoms with Gasteiger partial charge in [0.1, 0.15) is 11.8 Å². The Balaban J connectivity index is 1.39. The van der Waals surface area contributed by atoms with Crippen molar-refractivity contribution in [3.05, 3.63) is 71.1 Å². The smallest absolute Gasteiger partial charge is 0.323 e. The van der Waals surface area contributed by atoms with Gasteiger partial charge in [-0.2, -0.15) is 5.10 Å². The predicted octanol–water partition coefficient (Wildman–Crippen LogP) is 3.57. The van der Waals surface area contributed by atoms with Gasteiger partial charge in [0.05, 0.1) is 29.6 Å². The van der Waals surface area contributed by atoms with Gasteiger partial charge >= 0.3 is 6.03 Å². The molecule has 2 aromatic carbocycles. The molecular formula is C25H27ClN8O2. The van der Waals surface area contributed by atoms with Crippen LogP contribution in [-0.2, 0) is 17.8 Å².